The van der Waals surface area contributed by atoms with Crippen LogP contribution in [0.15, 0.2) is 32.7 Å². The quantitative estimate of drug-likeness (QED) is 0.521. The molecule has 0 radical (unpaired) electrons. The van der Waals surface area contributed by atoms with E-state index in [1.54, 1.807) is 6.07 Å². The first-order chi connectivity index (χ1) is 6.99. The molecule has 0 unspecified atom stereocenters. The maximum Gasteiger partial charge on any atom is 0.223 e. The van der Waals surface area contributed by atoms with Crippen LogP contribution in [0.4, 0.5) is 10.1 Å². The molecule has 0 saturated heterocycles. The van der Waals surface area contributed by atoms with Crippen molar-refractivity contribution in [1.82, 2.24) is 0 Å². The van der Waals surface area contributed by atoms with E-state index in [9.17, 15) is 4.39 Å². The van der Waals surface area contributed by atoms with Crippen LogP contribution >= 0.6 is 15.9 Å². The van der Waals surface area contributed by atoms with Crippen molar-refractivity contribution in [3.63, 3.8) is 0 Å². The molecule has 0 aliphatic heterocycles. The number of hydrogen-bond acceptors (Lipinski definition) is 1. The molecule has 1 aromatic rings. The first-order valence-electron chi connectivity index (χ1n) is 3.88. The first-order valence-corrected chi connectivity index (χ1v) is 4.67. The normalized spacial score (nSPS) is 11.2. The summed E-state index contributed by atoms with van der Waals surface area (Å²) in [5.74, 6) is -0.939. The lowest BCUT2D eigenvalue weighted by atomic mass is 10.3. The molecule has 0 saturated carbocycles. The number of benzene rings is 1. The van der Waals surface area contributed by atoms with Crippen molar-refractivity contribution in [2.75, 3.05) is 0 Å². The largest absolute Gasteiger partial charge is 0.370 e. The molecule has 0 aliphatic carbocycles. The van der Waals surface area contributed by atoms with E-state index in [4.69, 9.17) is 17.2 Å². The second-order valence-electron chi connectivity index (χ2n) is 2.60. The molecule has 0 amide bonds. The molecule has 0 heterocycles. The molecule has 80 valence electrons. The highest BCUT2D eigenvalue weighted by Gasteiger charge is 2.01. The zero-order chi connectivity index (χ0) is 11.4. The van der Waals surface area contributed by atoms with Crippen molar-refractivity contribution in [3.05, 3.63) is 28.5 Å². The SMILES string of the molecule is NC(N)=NC(N)=Nc1cc(Br)ccc1F. The monoisotopic (exact) mass is 273 g/mol. The fourth-order valence-corrected chi connectivity index (χ4v) is 1.20. The van der Waals surface area contributed by atoms with Crippen LogP contribution in [-0.4, -0.2) is 11.9 Å². The number of nitrogens with two attached hydrogens (primary N) is 3. The predicted molar refractivity (Wildman–Crippen MR) is 61.2 cm³/mol. The molecule has 6 N–H and O–H groups in total. The minimum atomic E-state index is -0.507. The van der Waals surface area contributed by atoms with Crippen LogP contribution in [0.1, 0.15) is 0 Å². The van der Waals surface area contributed by atoms with Crippen LogP contribution < -0.4 is 17.2 Å². The van der Waals surface area contributed by atoms with Gasteiger partial charge >= 0.3 is 0 Å². The third-order valence-electron chi connectivity index (χ3n) is 1.39. The van der Waals surface area contributed by atoms with Crippen LogP contribution in [0.2, 0.25) is 0 Å². The van der Waals surface area contributed by atoms with E-state index in [0.717, 1.165) is 0 Å². The van der Waals surface area contributed by atoms with Crippen molar-refractivity contribution in [1.29, 1.82) is 0 Å². The lowest BCUT2D eigenvalue weighted by molar-refractivity contribution is 0.629. The predicted octanol–water partition coefficient (Wildman–Crippen LogP) is 0.808. The van der Waals surface area contributed by atoms with E-state index < -0.39 is 5.82 Å². The van der Waals surface area contributed by atoms with Crippen LogP contribution in [0.3, 0.4) is 0 Å². The van der Waals surface area contributed by atoms with Gasteiger partial charge in [0, 0.05) is 4.47 Å². The molecule has 0 spiro atoms. The molecule has 0 aromatic heterocycles. The number of nitrogens with zero attached hydrogens (tertiary/aromatic N) is 2. The maximum absolute atomic E-state index is 13.2. The van der Waals surface area contributed by atoms with Gasteiger partial charge in [0.05, 0.1) is 0 Å². The molecule has 0 aliphatic rings. The molecular formula is C8H9BrFN5. The summed E-state index contributed by atoms with van der Waals surface area (Å²) < 4.78 is 13.9. The van der Waals surface area contributed by atoms with Gasteiger partial charge in [0.1, 0.15) is 11.5 Å². The molecule has 0 bridgehead atoms. The standard InChI is InChI=1S/C8H9BrFN5/c9-4-1-2-5(10)6(3-4)14-8(13)15-7(11)12/h1-3H,(H6,11,12,13,14,15). The molecule has 0 atom stereocenters. The van der Waals surface area contributed by atoms with Gasteiger partial charge in [0.2, 0.25) is 5.96 Å². The molecule has 5 nitrogen and oxygen atoms in total. The zero-order valence-corrected chi connectivity index (χ0v) is 9.20. The second-order valence-corrected chi connectivity index (χ2v) is 3.52. The summed E-state index contributed by atoms with van der Waals surface area (Å²) in [4.78, 5) is 7.16. The Labute approximate surface area is 94.0 Å². The Morgan fingerprint density at radius 1 is 1.27 bits per heavy atom. The van der Waals surface area contributed by atoms with E-state index in [2.05, 4.69) is 25.9 Å². The lowest BCUT2D eigenvalue weighted by Crippen LogP contribution is -2.26. The molecule has 1 aromatic carbocycles. The summed E-state index contributed by atoms with van der Waals surface area (Å²) in [7, 11) is 0. The summed E-state index contributed by atoms with van der Waals surface area (Å²) in [5, 5.41) is 0. The summed E-state index contributed by atoms with van der Waals surface area (Å²) in [6.07, 6.45) is 0. The highest BCUT2D eigenvalue weighted by Crippen LogP contribution is 2.22. The first kappa shape index (κ1) is 11.4. The third-order valence-corrected chi connectivity index (χ3v) is 1.88. The summed E-state index contributed by atoms with van der Waals surface area (Å²) in [5.41, 5.74) is 15.6. The van der Waals surface area contributed by atoms with Crippen LogP contribution in [0, 0.1) is 5.82 Å². The fourth-order valence-electron chi connectivity index (χ4n) is 0.852. The topological polar surface area (TPSA) is 103 Å². The average Bonchev–Trinajstić information content (AvgIpc) is 2.10. The van der Waals surface area contributed by atoms with E-state index in [1.807, 2.05) is 0 Å². The van der Waals surface area contributed by atoms with Gasteiger partial charge in [-0.1, -0.05) is 15.9 Å². The number of halogens is 2. The molecule has 0 fully saturated rings. The Hall–Kier alpha value is -1.63. The van der Waals surface area contributed by atoms with Crippen molar-refractivity contribution in [2.24, 2.45) is 27.2 Å². The van der Waals surface area contributed by atoms with Gasteiger partial charge in [0.25, 0.3) is 0 Å². The summed E-state index contributed by atoms with van der Waals surface area (Å²) in [6.45, 7) is 0. The highest BCUT2D eigenvalue weighted by molar-refractivity contribution is 9.10. The number of hydrogen-bond donors (Lipinski definition) is 3. The minimum Gasteiger partial charge on any atom is -0.370 e. The highest BCUT2D eigenvalue weighted by atomic mass is 79.9. The fraction of sp³-hybridized carbons (Fsp3) is 0. The van der Waals surface area contributed by atoms with Crippen LogP contribution in [-0.2, 0) is 0 Å². The smallest absolute Gasteiger partial charge is 0.223 e. The maximum atomic E-state index is 13.2. The Kier molecular flexibility index (Phi) is 3.62. The van der Waals surface area contributed by atoms with Crippen molar-refractivity contribution in [3.8, 4) is 0 Å². The summed E-state index contributed by atoms with van der Waals surface area (Å²) in [6, 6.07) is 4.27. The molecule has 7 heteroatoms. The Balaban J connectivity index is 3.07. The van der Waals surface area contributed by atoms with E-state index in [-0.39, 0.29) is 17.6 Å². The van der Waals surface area contributed by atoms with E-state index in [1.165, 1.54) is 12.1 Å². The van der Waals surface area contributed by atoms with Crippen LogP contribution in [0.5, 0.6) is 0 Å². The van der Waals surface area contributed by atoms with Gasteiger partial charge in [-0.3, -0.25) is 0 Å². The van der Waals surface area contributed by atoms with Gasteiger partial charge in [-0.2, -0.15) is 4.99 Å². The van der Waals surface area contributed by atoms with E-state index >= 15 is 0 Å². The van der Waals surface area contributed by atoms with Crippen LogP contribution in [0.25, 0.3) is 0 Å². The Bertz CT molecular complexity index is 425. The van der Waals surface area contributed by atoms with Gasteiger partial charge in [-0.25, -0.2) is 9.38 Å². The lowest BCUT2D eigenvalue weighted by Gasteiger charge is -1.98. The number of guanidine groups is 2. The Morgan fingerprint density at radius 2 is 1.93 bits per heavy atom. The van der Waals surface area contributed by atoms with Gasteiger partial charge in [0.15, 0.2) is 5.96 Å². The van der Waals surface area contributed by atoms with Gasteiger partial charge < -0.3 is 17.2 Å². The summed E-state index contributed by atoms with van der Waals surface area (Å²) >= 11 is 3.18. The second kappa shape index (κ2) is 4.74. The molecular weight excluding hydrogens is 265 g/mol. The molecule has 15 heavy (non-hydrogen) atoms. The average molecular weight is 274 g/mol. The van der Waals surface area contributed by atoms with Gasteiger partial charge in [-0.05, 0) is 18.2 Å². The zero-order valence-electron chi connectivity index (χ0n) is 7.61. The van der Waals surface area contributed by atoms with Crippen molar-refractivity contribution in [2.45, 2.75) is 0 Å². The molecule has 1 rings (SSSR count). The van der Waals surface area contributed by atoms with Crippen molar-refractivity contribution >= 4 is 33.5 Å². The third kappa shape index (κ3) is 3.55. The number of rotatable bonds is 1. The van der Waals surface area contributed by atoms with Crippen molar-refractivity contribution < 1.29 is 4.39 Å². The Morgan fingerprint density at radius 3 is 2.53 bits per heavy atom. The van der Waals surface area contributed by atoms with Gasteiger partial charge in [-0.15, -0.1) is 0 Å². The number of aliphatic imine (C=N–C) groups is 2. The minimum absolute atomic E-state index is 0.0619. The van der Waals surface area contributed by atoms with E-state index in [0.29, 0.717) is 4.47 Å².